The largest absolute Gasteiger partial charge is 0.497 e. The second-order valence-corrected chi connectivity index (χ2v) is 11.2. The first-order valence-corrected chi connectivity index (χ1v) is 16.8. The number of carbonyl (C=O) groups is 4. The van der Waals surface area contributed by atoms with Crippen LogP contribution in [0, 0.1) is 6.92 Å². The van der Waals surface area contributed by atoms with Gasteiger partial charge in [-0.25, -0.2) is 0 Å². The van der Waals surface area contributed by atoms with E-state index in [1.54, 1.807) is 33.7 Å². The third kappa shape index (κ3) is 22.3. The van der Waals surface area contributed by atoms with Crippen LogP contribution in [0.5, 0.6) is 11.5 Å². The highest BCUT2D eigenvalue weighted by molar-refractivity contribution is 5.75. The van der Waals surface area contributed by atoms with Gasteiger partial charge in [-0.15, -0.1) is 0 Å². The molecule has 0 aliphatic carbocycles. The average molecular weight is 739 g/mol. The van der Waals surface area contributed by atoms with Crippen LogP contribution in [-0.2, 0) is 19.2 Å². The van der Waals surface area contributed by atoms with E-state index in [0.29, 0.717) is 12.2 Å². The van der Waals surface area contributed by atoms with E-state index in [-0.39, 0.29) is 18.9 Å². The number of hydrogen-bond donors (Lipinski definition) is 2. The van der Waals surface area contributed by atoms with Gasteiger partial charge in [0, 0.05) is 63.9 Å². The molecule has 3 N–H and O–H groups in total. The number of amides is 3. The Bertz CT molecular complexity index is 1640. The van der Waals surface area contributed by atoms with Crippen LogP contribution in [0.15, 0.2) is 128 Å². The summed E-state index contributed by atoms with van der Waals surface area (Å²) >= 11 is 0. The fourth-order valence-electron chi connectivity index (χ4n) is 3.93. The Morgan fingerprint density at radius 1 is 0.778 bits per heavy atom. The van der Waals surface area contributed by atoms with E-state index in [1.807, 2.05) is 105 Å². The molecule has 12 heteroatoms. The molecule has 0 bridgehead atoms. The zero-order chi connectivity index (χ0) is 40.6. The van der Waals surface area contributed by atoms with E-state index >= 15 is 0 Å². The first kappa shape index (κ1) is 47.4. The van der Waals surface area contributed by atoms with E-state index < -0.39 is 0 Å². The van der Waals surface area contributed by atoms with Crippen LogP contribution >= 0.6 is 0 Å². The topological polar surface area (TPSA) is 157 Å². The molecule has 0 saturated carbocycles. The van der Waals surface area contributed by atoms with E-state index in [0.717, 1.165) is 29.3 Å². The number of nitrogens with zero attached hydrogens (tertiary/aromatic N) is 4. The Labute approximate surface area is 320 Å². The lowest BCUT2D eigenvalue weighted by atomic mass is 9.98. The van der Waals surface area contributed by atoms with Crippen molar-refractivity contribution in [3.05, 3.63) is 145 Å². The lowest BCUT2D eigenvalue weighted by molar-refractivity contribution is -0.120. The summed E-state index contributed by atoms with van der Waals surface area (Å²) in [7, 11) is 9.02. The van der Waals surface area contributed by atoms with Crippen molar-refractivity contribution in [1.29, 1.82) is 0 Å². The summed E-state index contributed by atoms with van der Waals surface area (Å²) in [6.45, 7) is 5.71. The second-order valence-electron chi connectivity index (χ2n) is 11.2. The van der Waals surface area contributed by atoms with Crippen LogP contribution in [0.2, 0.25) is 0 Å². The van der Waals surface area contributed by atoms with E-state index in [2.05, 4.69) is 64.0 Å². The number of anilines is 2. The molecule has 12 nitrogen and oxygen atoms in total. The van der Waals surface area contributed by atoms with Crippen molar-refractivity contribution in [3.8, 4) is 11.5 Å². The normalized spacial score (nSPS) is 9.48. The predicted octanol–water partition coefficient (Wildman–Crippen LogP) is 6.10. The lowest BCUT2D eigenvalue weighted by Crippen LogP contribution is -2.21. The minimum absolute atomic E-state index is 0.120. The van der Waals surface area contributed by atoms with Crippen molar-refractivity contribution < 1.29 is 28.7 Å². The zero-order valence-corrected chi connectivity index (χ0v) is 32.5. The number of nitrogens with one attached hydrogen (secondary N) is 1. The van der Waals surface area contributed by atoms with Gasteiger partial charge in [0.05, 0.1) is 26.5 Å². The molecule has 5 aromatic rings. The maximum Gasteiger partial charge on any atom is 0.217 e. The molecule has 1 unspecified atom stereocenters. The summed E-state index contributed by atoms with van der Waals surface area (Å²) in [5, 5.41) is 2.29. The first-order chi connectivity index (χ1) is 26.0. The minimum Gasteiger partial charge on any atom is -0.497 e. The summed E-state index contributed by atoms with van der Waals surface area (Å²) in [6, 6.07) is 35.8. The molecule has 0 fully saturated rings. The minimum atomic E-state index is -0.174. The summed E-state index contributed by atoms with van der Waals surface area (Å²) < 4.78 is 10.0. The molecule has 0 spiro atoms. The van der Waals surface area contributed by atoms with Crippen LogP contribution in [0.3, 0.4) is 0 Å². The first-order valence-electron chi connectivity index (χ1n) is 16.8. The van der Waals surface area contributed by atoms with Crippen LogP contribution in [0.1, 0.15) is 36.6 Å². The molecule has 0 aliphatic heterocycles. The van der Waals surface area contributed by atoms with Crippen LogP contribution in [-0.4, -0.2) is 76.9 Å². The van der Waals surface area contributed by atoms with Gasteiger partial charge in [0.25, 0.3) is 0 Å². The fraction of sp³-hybridized carbons (Fsp3) is 0.238. The summed E-state index contributed by atoms with van der Waals surface area (Å²) in [4.78, 5) is 50.3. The van der Waals surface area contributed by atoms with Gasteiger partial charge in [0.1, 0.15) is 17.8 Å². The van der Waals surface area contributed by atoms with Crippen molar-refractivity contribution >= 4 is 36.4 Å². The van der Waals surface area contributed by atoms with Crippen molar-refractivity contribution in [3.63, 3.8) is 0 Å². The number of nitrogens with two attached hydrogens (primary N) is 1. The van der Waals surface area contributed by atoms with Crippen LogP contribution in [0.4, 0.5) is 11.4 Å². The van der Waals surface area contributed by atoms with Crippen molar-refractivity contribution in [1.82, 2.24) is 15.3 Å². The molecule has 54 heavy (non-hydrogen) atoms. The second kappa shape index (κ2) is 30.1. The number of benzene rings is 4. The van der Waals surface area contributed by atoms with Crippen molar-refractivity contribution in [2.24, 2.45) is 5.73 Å². The molecule has 288 valence electrons. The molecular formula is C42H54N6O6. The molecule has 1 atom stereocenters. The van der Waals surface area contributed by atoms with E-state index in [1.165, 1.54) is 28.6 Å². The quantitative estimate of drug-likeness (QED) is 0.171. The molecule has 3 amide bonds. The highest BCUT2D eigenvalue weighted by Gasteiger charge is 2.08. The highest BCUT2D eigenvalue weighted by atomic mass is 16.5. The number of ether oxygens (including phenoxy) is 2. The fourth-order valence-corrected chi connectivity index (χ4v) is 3.93. The Kier molecular flexibility index (Phi) is 26.4. The smallest absolute Gasteiger partial charge is 0.217 e. The van der Waals surface area contributed by atoms with Crippen molar-refractivity contribution in [2.45, 2.75) is 26.7 Å². The molecule has 1 aromatic heterocycles. The van der Waals surface area contributed by atoms with E-state index in [4.69, 9.17) is 14.3 Å². The molecular weight excluding hydrogens is 684 g/mol. The predicted molar refractivity (Wildman–Crippen MR) is 217 cm³/mol. The summed E-state index contributed by atoms with van der Waals surface area (Å²) in [5.41, 5.74) is 9.81. The van der Waals surface area contributed by atoms with Gasteiger partial charge in [-0.1, -0.05) is 73.2 Å². The number of methoxy groups -OCH3 is 2. The number of primary amides is 1. The number of rotatable bonds is 9. The number of hydrogen-bond acceptors (Lipinski definition) is 9. The van der Waals surface area contributed by atoms with Gasteiger partial charge in [-0.2, -0.15) is 0 Å². The van der Waals surface area contributed by atoms with Crippen molar-refractivity contribution in [2.75, 3.05) is 51.7 Å². The summed E-state index contributed by atoms with van der Waals surface area (Å²) in [5.74, 6) is 1.82. The van der Waals surface area contributed by atoms with Crippen LogP contribution in [0.25, 0.3) is 0 Å². The van der Waals surface area contributed by atoms with Crippen LogP contribution < -0.4 is 30.3 Å². The van der Waals surface area contributed by atoms with Gasteiger partial charge in [0.15, 0.2) is 0 Å². The molecule has 5 rings (SSSR count). The Balaban J connectivity index is 0.000000653. The number of aromatic nitrogens is 2. The zero-order valence-electron chi connectivity index (χ0n) is 32.5. The van der Waals surface area contributed by atoms with Gasteiger partial charge in [-0.3, -0.25) is 24.4 Å². The monoisotopic (exact) mass is 738 g/mol. The third-order valence-corrected chi connectivity index (χ3v) is 6.93. The average Bonchev–Trinajstić information content (AvgIpc) is 3.21. The molecule has 0 radical (unpaired) electrons. The Morgan fingerprint density at radius 3 is 1.59 bits per heavy atom. The van der Waals surface area contributed by atoms with Gasteiger partial charge in [0.2, 0.25) is 18.7 Å². The SMILES string of the molecule is CC(=O)NCC=O.CC(c1ccccc1)c1cnccn1.COc1ccc(N(C)C)cc1.COc1ccc(N(C)C=O)cc1.Cc1ccccc1.NC=O. The molecule has 4 aromatic carbocycles. The Morgan fingerprint density at radius 2 is 1.26 bits per heavy atom. The number of carbonyl (C=O) groups excluding carboxylic acids is 4. The highest BCUT2D eigenvalue weighted by Crippen LogP contribution is 2.21. The molecule has 0 aliphatic rings. The standard InChI is InChI=1S/C12H12N2.C9H11NO2.C9H13NO.C7H8.C4H7NO2.CH3NO/c1-10(11-5-3-2-4-6-11)12-9-13-7-8-14-12;1-10(7-11)8-3-5-9(12-2)6-4-8;1-10(2)8-4-6-9(11-3)7-5-8;1-7-5-3-2-4-6-7;1-4(7)5-2-3-6;2-1-3/h2-10H,1H3;3-7H,1-2H3;4-7H,1-3H3;2-6H,1H3;3H,2H2,1H3,(H,5,7);1H,(H2,2,3). The maximum absolute atomic E-state index is 10.4. The summed E-state index contributed by atoms with van der Waals surface area (Å²) in [6.07, 6.45) is 6.90. The molecule has 1 heterocycles. The number of aryl methyl sites for hydroxylation is 1. The van der Waals surface area contributed by atoms with E-state index in [9.17, 15) is 14.4 Å². The van der Waals surface area contributed by atoms with Gasteiger partial charge >= 0.3 is 0 Å². The Hall–Kier alpha value is -6.56. The maximum atomic E-state index is 10.4. The van der Waals surface area contributed by atoms with Gasteiger partial charge in [-0.05, 0) is 61.0 Å². The third-order valence-electron chi connectivity index (χ3n) is 6.93. The number of aldehydes is 1. The lowest BCUT2D eigenvalue weighted by Gasteiger charge is -2.11. The van der Waals surface area contributed by atoms with Gasteiger partial charge < -0.3 is 35.1 Å². The molecule has 0 saturated heterocycles.